The maximum Gasteiger partial charge on any atom is 0.237 e. The lowest BCUT2D eigenvalue weighted by atomic mass is 10.0. The van der Waals surface area contributed by atoms with Gasteiger partial charge in [-0.3, -0.25) is 4.79 Å². The number of rotatable bonds is 3. The van der Waals surface area contributed by atoms with Crippen molar-refractivity contribution < 1.29 is 9.18 Å². The Bertz CT molecular complexity index is 484. The van der Waals surface area contributed by atoms with Crippen molar-refractivity contribution in [3.63, 3.8) is 0 Å². The molecule has 0 bridgehead atoms. The van der Waals surface area contributed by atoms with Gasteiger partial charge in [0, 0.05) is 10.6 Å². The Balaban J connectivity index is 0.00000200. The minimum Gasteiger partial charge on any atom is -0.348 e. The second-order valence-electron chi connectivity index (χ2n) is 5.15. The van der Waals surface area contributed by atoms with Gasteiger partial charge in [-0.15, -0.1) is 24.2 Å². The highest BCUT2D eigenvalue weighted by Gasteiger charge is 2.25. The summed E-state index contributed by atoms with van der Waals surface area (Å²) in [6, 6.07) is 4.08. The van der Waals surface area contributed by atoms with E-state index in [0.717, 1.165) is 22.6 Å². The number of hydrogen-bond acceptors (Lipinski definition) is 3. The van der Waals surface area contributed by atoms with Gasteiger partial charge >= 0.3 is 0 Å². The highest BCUT2D eigenvalue weighted by molar-refractivity contribution is 7.99. The summed E-state index contributed by atoms with van der Waals surface area (Å²) in [7, 11) is 0. The molecule has 1 aliphatic rings. The molecule has 0 fully saturated rings. The fourth-order valence-electron chi connectivity index (χ4n) is 2.09. The zero-order valence-electron chi connectivity index (χ0n) is 11.6. The molecule has 0 saturated carbocycles. The van der Waals surface area contributed by atoms with E-state index >= 15 is 0 Å². The quantitative estimate of drug-likeness (QED) is 0.901. The van der Waals surface area contributed by atoms with Crippen molar-refractivity contribution in [2.45, 2.75) is 37.2 Å². The molecule has 0 spiro atoms. The maximum absolute atomic E-state index is 13.3. The maximum atomic E-state index is 13.3. The highest BCUT2D eigenvalue weighted by Crippen LogP contribution is 2.36. The predicted molar refractivity (Wildman–Crippen MR) is 82.7 cm³/mol. The summed E-state index contributed by atoms with van der Waals surface area (Å²) in [6.45, 7) is 3.82. The zero-order chi connectivity index (χ0) is 14.0. The molecular formula is C14H20ClFN2OS. The van der Waals surface area contributed by atoms with Crippen molar-refractivity contribution >= 4 is 30.1 Å². The summed E-state index contributed by atoms with van der Waals surface area (Å²) in [6.07, 6.45) is 0.803. The van der Waals surface area contributed by atoms with Crippen LogP contribution in [0.15, 0.2) is 23.1 Å². The van der Waals surface area contributed by atoms with Crippen LogP contribution in [-0.4, -0.2) is 17.7 Å². The number of carbonyl (C=O) groups is 1. The topological polar surface area (TPSA) is 55.1 Å². The molecule has 0 aromatic heterocycles. The van der Waals surface area contributed by atoms with Crippen molar-refractivity contribution in [3.05, 3.63) is 29.6 Å². The van der Waals surface area contributed by atoms with E-state index in [1.807, 2.05) is 13.8 Å². The minimum absolute atomic E-state index is 0. The first kappa shape index (κ1) is 17.3. The van der Waals surface area contributed by atoms with Crippen LogP contribution in [0.3, 0.4) is 0 Å². The molecule has 1 unspecified atom stereocenters. The molecule has 0 radical (unpaired) electrons. The Morgan fingerprint density at radius 3 is 2.85 bits per heavy atom. The van der Waals surface area contributed by atoms with Crippen molar-refractivity contribution in [1.29, 1.82) is 0 Å². The molecule has 2 rings (SSSR count). The van der Waals surface area contributed by atoms with E-state index in [4.69, 9.17) is 5.73 Å². The van der Waals surface area contributed by atoms with Crippen LogP contribution < -0.4 is 11.1 Å². The van der Waals surface area contributed by atoms with Crippen molar-refractivity contribution in [2.24, 2.45) is 11.7 Å². The first-order valence-corrected chi connectivity index (χ1v) is 7.46. The standard InChI is InChI=1S/C14H19FN2OS.ClH/c1-8(2)13(16)14(18)17-11-5-6-19-12-4-3-9(15)7-10(11)12;/h3-4,7-8,11,13H,5-6,16H2,1-2H3,(H,17,18);1H/t11?,13-;/m1./s1. The fourth-order valence-corrected chi connectivity index (χ4v) is 3.19. The second-order valence-corrected chi connectivity index (χ2v) is 6.29. The molecule has 3 nitrogen and oxygen atoms in total. The summed E-state index contributed by atoms with van der Waals surface area (Å²) in [5.41, 5.74) is 6.70. The summed E-state index contributed by atoms with van der Waals surface area (Å²) in [5.74, 6) is 0.571. The number of hydrogen-bond donors (Lipinski definition) is 2. The molecule has 2 atom stereocenters. The van der Waals surface area contributed by atoms with Crippen molar-refractivity contribution in [2.75, 3.05) is 5.75 Å². The van der Waals surface area contributed by atoms with Gasteiger partial charge in [0.05, 0.1) is 12.1 Å². The van der Waals surface area contributed by atoms with E-state index in [1.165, 1.54) is 12.1 Å². The van der Waals surface area contributed by atoms with Crippen LogP contribution in [-0.2, 0) is 4.79 Å². The Hall–Kier alpha value is -0.780. The summed E-state index contributed by atoms with van der Waals surface area (Å²) in [5, 5.41) is 2.94. The lowest BCUT2D eigenvalue weighted by molar-refractivity contribution is -0.124. The Morgan fingerprint density at radius 2 is 2.20 bits per heavy atom. The van der Waals surface area contributed by atoms with E-state index in [2.05, 4.69) is 5.32 Å². The van der Waals surface area contributed by atoms with Crippen LogP contribution in [0, 0.1) is 11.7 Å². The summed E-state index contributed by atoms with van der Waals surface area (Å²) in [4.78, 5) is 13.0. The lowest BCUT2D eigenvalue weighted by Crippen LogP contribution is -2.45. The van der Waals surface area contributed by atoms with Gasteiger partial charge in [0.2, 0.25) is 5.91 Å². The number of thioether (sulfide) groups is 1. The molecule has 1 aromatic rings. The van der Waals surface area contributed by atoms with Crippen molar-refractivity contribution in [3.8, 4) is 0 Å². The molecule has 1 heterocycles. The van der Waals surface area contributed by atoms with E-state index in [0.29, 0.717) is 0 Å². The smallest absolute Gasteiger partial charge is 0.237 e. The molecule has 6 heteroatoms. The Morgan fingerprint density at radius 1 is 1.50 bits per heavy atom. The average molecular weight is 319 g/mol. The molecule has 112 valence electrons. The molecule has 1 aliphatic heterocycles. The van der Waals surface area contributed by atoms with Gasteiger partial charge in [0.1, 0.15) is 5.82 Å². The van der Waals surface area contributed by atoms with Gasteiger partial charge in [0.15, 0.2) is 0 Å². The third-order valence-corrected chi connectivity index (χ3v) is 4.47. The van der Waals surface area contributed by atoms with Crippen LogP contribution in [0.25, 0.3) is 0 Å². The number of nitrogens with one attached hydrogen (secondary N) is 1. The van der Waals surface area contributed by atoms with Gasteiger partial charge in [-0.1, -0.05) is 13.8 Å². The lowest BCUT2D eigenvalue weighted by Gasteiger charge is -2.27. The Kier molecular flexibility index (Phi) is 6.30. The van der Waals surface area contributed by atoms with Crippen LogP contribution in [0.1, 0.15) is 31.9 Å². The first-order chi connectivity index (χ1) is 8.99. The molecule has 1 aromatic carbocycles. The minimum atomic E-state index is -0.522. The van der Waals surface area contributed by atoms with Crippen LogP contribution in [0.5, 0.6) is 0 Å². The summed E-state index contributed by atoms with van der Waals surface area (Å²) >= 11 is 1.69. The van der Waals surface area contributed by atoms with Gasteiger partial charge in [-0.05, 0) is 36.1 Å². The predicted octanol–water partition coefficient (Wildman–Crippen LogP) is 2.88. The second kappa shape index (κ2) is 7.29. The van der Waals surface area contributed by atoms with Gasteiger partial charge < -0.3 is 11.1 Å². The number of amides is 1. The molecular weight excluding hydrogens is 299 g/mol. The number of carbonyl (C=O) groups excluding carboxylic acids is 1. The Labute approximate surface area is 129 Å². The third kappa shape index (κ3) is 3.87. The third-order valence-electron chi connectivity index (χ3n) is 3.35. The van der Waals surface area contributed by atoms with E-state index < -0.39 is 6.04 Å². The van der Waals surface area contributed by atoms with Crippen LogP contribution >= 0.6 is 24.2 Å². The molecule has 20 heavy (non-hydrogen) atoms. The van der Waals surface area contributed by atoms with Crippen molar-refractivity contribution in [1.82, 2.24) is 5.32 Å². The molecule has 0 aliphatic carbocycles. The fraction of sp³-hybridized carbons (Fsp3) is 0.500. The number of benzene rings is 1. The van der Waals surface area contributed by atoms with Gasteiger partial charge in [0.25, 0.3) is 0 Å². The molecule has 3 N–H and O–H groups in total. The molecule has 0 saturated heterocycles. The van der Waals surface area contributed by atoms with Gasteiger partial charge in [-0.2, -0.15) is 0 Å². The SMILES string of the molecule is CC(C)[C@@H](N)C(=O)NC1CCSc2ccc(F)cc21.Cl. The molecule has 1 amide bonds. The van der Waals surface area contributed by atoms with Crippen LogP contribution in [0.4, 0.5) is 4.39 Å². The zero-order valence-corrected chi connectivity index (χ0v) is 13.2. The highest BCUT2D eigenvalue weighted by atomic mass is 35.5. The number of nitrogens with two attached hydrogens (primary N) is 1. The normalized spacial score (nSPS) is 18.9. The van der Waals surface area contributed by atoms with Crippen LogP contribution in [0.2, 0.25) is 0 Å². The largest absolute Gasteiger partial charge is 0.348 e. The van der Waals surface area contributed by atoms with E-state index in [1.54, 1.807) is 17.8 Å². The number of halogens is 2. The number of fused-ring (bicyclic) bond motifs is 1. The monoisotopic (exact) mass is 318 g/mol. The first-order valence-electron chi connectivity index (χ1n) is 6.47. The van der Waals surface area contributed by atoms with E-state index in [-0.39, 0.29) is 36.1 Å². The average Bonchev–Trinajstić information content (AvgIpc) is 2.38. The van der Waals surface area contributed by atoms with Gasteiger partial charge in [-0.25, -0.2) is 4.39 Å². The summed E-state index contributed by atoms with van der Waals surface area (Å²) < 4.78 is 13.3. The van der Waals surface area contributed by atoms with E-state index in [9.17, 15) is 9.18 Å².